The summed E-state index contributed by atoms with van der Waals surface area (Å²) in [5, 5.41) is 18.0. The van der Waals surface area contributed by atoms with Crippen LogP contribution in [0.25, 0.3) is 11.0 Å². The predicted octanol–water partition coefficient (Wildman–Crippen LogP) is 2.38. The van der Waals surface area contributed by atoms with Gasteiger partial charge in [-0.25, -0.2) is 4.98 Å². The Morgan fingerprint density at radius 2 is 2.25 bits per heavy atom. The number of imidazole rings is 1. The van der Waals surface area contributed by atoms with E-state index in [2.05, 4.69) is 26.2 Å². The minimum Gasteiger partial charge on any atom is -0.497 e. The van der Waals surface area contributed by atoms with E-state index in [1.807, 2.05) is 18.2 Å². The fraction of sp³-hybridized carbons (Fsp3) is 0.0769. The van der Waals surface area contributed by atoms with E-state index in [9.17, 15) is 0 Å². The Morgan fingerprint density at radius 3 is 3.05 bits per heavy atom. The van der Waals surface area contributed by atoms with Crippen molar-refractivity contribution in [2.75, 3.05) is 7.11 Å². The molecule has 2 heterocycles. The van der Waals surface area contributed by atoms with Gasteiger partial charge in [0.1, 0.15) is 16.8 Å². The Morgan fingerprint density at radius 1 is 1.35 bits per heavy atom. The number of hydrogen-bond donors (Lipinski definition) is 1. The molecule has 0 aliphatic heterocycles. The Hall–Kier alpha value is -2.59. The Bertz CT molecular complexity index is 808. The largest absolute Gasteiger partial charge is 0.497 e. The highest BCUT2D eigenvalue weighted by molar-refractivity contribution is 7.99. The van der Waals surface area contributed by atoms with Gasteiger partial charge in [0.25, 0.3) is 0 Å². The van der Waals surface area contributed by atoms with Crippen molar-refractivity contribution in [3.63, 3.8) is 0 Å². The van der Waals surface area contributed by atoms with Gasteiger partial charge in [0.15, 0.2) is 5.16 Å². The van der Waals surface area contributed by atoms with Crippen LogP contribution in [0.1, 0.15) is 5.56 Å². The molecule has 0 saturated heterocycles. The van der Waals surface area contributed by atoms with E-state index < -0.39 is 0 Å². The molecule has 3 rings (SSSR count). The molecule has 0 bridgehead atoms. The zero-order chi connectivity index (χ0) is 13.9. The fourth-order valence-corrected chi connectivity index (χ4v) is 2.51. The molecule has 1 N–H and O–H groups in total. The van der Waals surface area contributed by atoms with E-state index in [0.717, 1.165) is 16.8 Å². The number of aromatic nitrogens is 4. The number of nitrogens with zero attached hydrogens (tertiary/aromatic N) is 4. The molecule has 0 amide bonds. The van der Waals surface area contributed by atoms with E-state index >= 15 is 0 Å². The van der Waals surface area contributed by atoms with Gasteiger partial charge in [-0.3, -0.25) is 0 Å². The van der Waals surface area contributed by atoms with Gasteiger partial charge in [0, 0.05) is 6.07 Å². The summed E-state index contributed by atoms with van der Waals surface area (Å²) in [7, 11) is 1.62. The third kappa shape index (κ3) is 2.29. The van der Waals surface area contributed by atoms with Crippen LogP contribution in [0, 0.1) is 11.3 Å². The van der Waals surface area contributed by atoms with Crippen molar-refractivity contribution in [1.29, 1.82) is 5.26 Å². The van der Waals surface area contributed by atoms with Crippen LogP contribution in [0.4, 0.5) is 0 Å². The number of ether oxygens (including phenoxy) is 1. The van der Waals surface area contributed by atoms with Crippen LogP contribution < -0.4 is 4.74 Å². The molecule has 0 unspecified atom stereocenters. The first-order valence-corrected chi connectivity index (χ1v) is 6.55. The maximum atomic E-state index is 9.03. The van der Waals surface area contributed by atoms with Crippen LogP contribution in [0.15, 0.2) is 40.6 Å². The quantitative estimate of drug-likeness (QED) is 0.794. The molecule has 6 nitrogen and oxygen atoms in total. The number of nitriles is 1. The lowest BCUT2D eigenvalue weighted by molar-refractivity contribution is 0.415. The van der Waals surface area contributed by atoms with Crippen molar-refractivity contribution >= 4 is 22.8 Å². The highest BCUT2D eigenvalue weighted by Crippen LogP contribution is 2.28. The first-order chi connectivity index (χ1) is 9.80. The Kier molecular flexibility index (Phi) is 3.23. The normalized spacial score (nSPS) is 10.4. The summed E-state index contributed by atoms with van der Waals surface area (Å²) in [6.45, 7) is 0. The van der Waals surface area contributed by atoms with Crippen LogP contribution in [0.5, 0.6) is 5.75 Å². The smallest absolute Gasteiger partial charge is 0.172 e. The average Bonchev–Trinajstić information content (AvgIpc) is 2.89. The Labute approximate surface area is 118 Å². The summed E-state index contributed by atoms with van der Waals surface area (Å²) >= 11 is 1.27. The van der Waals surface area contributed by atoms with Crippen molar-refractivity contribution in [3.8, 4) is 11.8 Å². The summed E-state index contributed by atoms with van der Waals surface area (Å²) in [6, 6.07) is 9.30. The number of fused-ring (bicyclic) bond motifs is 1. The van der Waals surface area contributed by atoms with Gasteiger partial charge < -0.3 is 9.72 Å². The molecule has 0 atom stereocenters. The predicted molar refractivity (Wildman–Crippen MR) is 73.5 cm³/mol. The molecule has 0 fully saturated rings. The number of methoxy groups -OCH3 is 1. The minimum atomic E-state index is 0.475. The van der Waals surface area contributed by atoms with E-state index in [1.54, 1.807) is 13.2 Å². The first-order valence-electron chi connectivity index (χ1n) is 5.73. The molecule has 0 spiro atoms. The zero-order valence-electron chi connectivity index (χ0n) is 10.5. The van der Waals surface area contributed by atoms with Crippen LogP contribution in [0.3, 0.4) is 0 Å². The SMILES string of the molecule is COc1ccc2nc(Sc3nnccc3C#N)[nH]c2c1. The summed E-state index contributed by atoms with van der Waals surface area (Å²) < 4.78 is 5.17. The molecule has 20 heavy (non-hydrogen) atoms. The minimum absolute atomic E-state index is 0.475. The first kappa shape index (κ1) is 12.4. The van der Waals surface area contributed by atoms with E-state index in [1.165, 1.54) is 18.0 Å². The number of hydrogen-bond acceptors (Lipinski definition) is 6. The van der Waals surface area contributed by atoms with Gasteiger partial charge in [-0.05, 0) is 30.0 Å². The van der Waals surface area contributed by atoms with Gasteiger partial charge in [-0.15, -0.1) is 5.10 Å². The lowest BCUT2D eigenvalue weighted by Crippen LogP contribution is -1.89. The van der Waals surface area contributed by atoms with Crippen molar-refractivity contribution in [2.45, 2.75) is 10.2 Å². The number of H-pyrrole nitrogens is 1. The van der Waals surface area contributed by atoms with Crippen molar-refractivity contribution < 1.29 is 4.74 Å². The van der Waals surface area contributed by atoms with Crippen molar-refractivity contribution in [2.24, 2.45) is 0 Å². The molecule has 2 aromatic heterocycles. The molecule has 1 aromatic carbocycles. The molecule has 0 aliphatic carbocycles. The summed E-state index contributed by atoms with van der Waals surface area (Å²) in [5.41, 5.74) is 2.17. The molecule has 0 aliphatic rings. The third-order valence-corrected chi connectivity index (χ3v) is 3.55. The highest BCUT2D eigenvalue weighted by Gasteiger charge is 2.10. The highest BCUT2D eigenvalue weighted by atomic mass is 32.2. The fourth-order valence-electron chi connectivity index (χ4n) is 1.71. The van der Waals surface area contributed by atoms with Gasteiger partial charge >= 0.3 is 0 Å². The number of nitrogens with one attached hydrogen (secondary N) is 1. The second-order valence-electron chi connectivity index (χ2n) is 3.89. The lowest BCUT2D eigenvalue weighted by Gasteiger charge is -1.97. The molecular formula is C13H9N5OS. The maximum absolute atomic E-state index is 9.03. The average molecular weight is 283 g/mol. The molecule has 3 aromatic rings. The van der Waals surface area contributed by atoms with Gasteiger partial charge in [0.05, 0.1) is 29.9 Å². The molecule has 7 heteroatoms. The standard InChI is InChI=1S/C13H9N5OS/c1-19-9-2-3-10-11(6-9)17-13(16-10)20-12-8(7-14)4-5-15-18-12/h2-6H,1H3,(H,16,17). The second kappa shape index (κ2) is 5.19. The van der Waals surface area contributed by atoms with Crippen LogP contribution in [-0.4, -0.2) is 27.3 Å². The second-order valence-corrected chi connectivity index (χ2v) is 4.87. The number of benzene rings is 1. The van der Waals surface area contributed by atoms with Crippen LogP contribution in [-0.2, 0) is 0 Å². The topological polar surface area (TPSA) is 87.5 Å². The van der Waals surface area contributed by atoms with Gasteiger partial charge in [-0.1, -0.05) is 0 Å². The molecular weight excluding hydrogens is 274 g/mol. The monoisotopic (exact) mass is 283 g/mol. The molecule has 0 radical (unpaired) electrons. The van der Waals surface area contributed by atoms with Crippen molar-refractivity contribution in [3.05, 3.63) is 36.0 Å². The summed E-state index contributed by atoms with van der Waals surface area (Å²) in [6.07, 6.45) is 1.49. The molecule has 98 valence electrons. The van der Waals surface area contributed by atoms with E-state index in [0.29, 0.717) is 15.7 Å². The van der Waals surface area contributed by atoms with Crippen LogP contribution >= 0.6 is 11.8 Å². The third-order valence-electron chi connectivity index (χ3n) is 2.67. The summed E-state index contributed by atoms with van der Waals surface area (Å²) in [4.78, 5) is 7.60. The number of aromatic amines is 1. The summed E-state index contributed by atoms with van der Waals surface area (Å²) in [5.74, 6) is 0.759. The van der Waals surface area contributed by atoms with Crippen molar-refractivity contribution in [1.82, 2.24) is 20.2 Å². The van der Waals surface area contributed by atoms with Crippen LogP contribution in [0.2, 0.25) is 0 Å². The Balaban J connectivity index is 1.97. The zero-order valence-corrected chi connectivity index (χ0v) is 11.3. The number of rotatable bonds is 3. The maximum Gasteiger partial charge on any atom is 0.172 e. The molecule has 0 saturated carbocycles. The van der Waals surface area contributed by atoms with Gasteiger partial charge in [0.2, 0.25) is 0 Å². The van der Waals surface area contributed by atoms with E-state index in [-0.39, 0.29) is 0 Å². The lowest BCUT2D eigenvalue weighted by atomic mass is 10.3. The van der Waals surface area contributed by atoms with Gasteiger partial charge in [-0.2, -0.15) is 10.4 Å². The van der Waals surface area contributed by atoms with E-state index in [4.69, 9.17) is 10.00 Å².